The van der Waals surface area contributed by atoms with E-state index in [-0.39, 0.29) is 0 Å². The van der Waals surface area contributed by atoms with Crippen molar-refractivity contribution in [2.75, 3.05) is 26.0 Å². The van der Waals surface area contributed by atoms with Gasteiger partial charge in [0, 0.05) is 31.9 Å². The van der Waals surface area contributed by atoms with Crippen molar-refractivity contribution in [2.24, 2.45) is 0 Å². The van der Waals surface area contributed by atoms with Gasteiger partial charge >= 0.3 is 0 Å². The van der Waals surface area contributed by atoms with Crippen LogP contribution < -0.4 is 4.90 Å². The van der Waals surface area contributed by atoms with Gasteiger partial charge in [-0.1, -0.05) is 31.2 Å². The first kappa shape index (κ1) is 16.4. The number of anilines is 1. The highest BCUT2D eigenvalue weighted by Crippen LogP contribution is 2.19. The van der Waals surface area contributed by atoms with E-state index in [9.17, 15) is 0 Å². The summed E-state index contributed by atoms with van der Waals surface area (Å²) in [7, 11) is 6.27. The van der Waals surface area contributed by atoms with Crippen LogP contribution in [0.5, 0.6) is 0 Å². The Balaban J connectivity index is 2.11. The van der Waals surface area contributed by atoms with Crippen LogP contribution >= 0.6 is 0 Å². The zero-order valence-corrected chi connectivity index (χ0v) is 14.3. The molecule has 22 heavy (non-hydrogen) atoms. The summed E-state index contributed by atoms with van der Waals surface area (Å²) in [5, 5.41) is 0. The van der Waals surface area contributed by atoms with Gasteiger partial charge in [-0.15, -0.1) is 0 Å². The Morgan fingerprint density at radius 3 is 2.09 bits per heavy atom. The van der Waals surface area contributed by atoms with E-state index in [1.54, 1.807) is 0 Å². The maximum Gasteiger partial charge on any atom is 0.135 e. The van der Waals surface area contributed by atoms with Gasteiger partial charge in [0.05, 0.1) is 0 Å². The van der Waals surface area contributed by atoms with Gasteiger partial charge in [0.25, 0.3) is 0 Å². The zero-order chi connectivity index (χ0) is 16.1. The molecule has 1 heterocycles. The van der Waals surface area contributed by atoms with Crippen molar-refractivity contribution in [3.63, 3.8) is 0 Å². The fourth-order valence-electron chi connectivity index (χ4n) is 2.53. The van der Waals surface area contributed by atoms with Crippen molar-refractivity contribution in [1.82, 2.24) is 14.9 Å². The number of aryl methyl sites for hydroxylation is 2. The van der Waals surface area contributed by atoms with Gasteiger partial charge in [-0.3, -0.25) is 0 Å². The van der Waals surface area contributed by atoms with Crippen molar-refractivity contribution in [2.45, 2.75) is 33.4 Å². The Kier molecular flexibility index (Phi) is 5.50. The van der Waals surface area contributed by atoms with E-state index in [4.69, 9.17) is 0 Å². The molecule has 0 fully saturated rings. The summed E-state index contributed by atoms with van der Waals surface area (Å²) in [5.41, 5.74) is 3.82. The number of hydrogen-bond acceptors (Lipinski definition) is 4. The van der Waals surface area contributed by atoms with Gasteiger partial charge in [0.2, 0.25) is 0 Å². The van der Waals surface area contributed by atoms with E-state index in [2.05, 4.69) is 72.1 Å². The molecule has 1 aromatic carbocycles. The molecular formula is C18H26N4. The normalized spacial score (nSPS) is 11.0. The third kappa shape index (κ3) is 4.28. The predicted molar refractivity (Wildman–Crippen MR) is 92.1 cm³/mol. The van der Waals surface area contributed by atoms with E-state index in [0.29, 0.717) is 0 Å². The van der Waals surface area contributed by atoms with Crippen molar-refractivity contribution in [3.8, 4) is 0 Å². The highest BCUT2D eigenvalue weighted by Gasteiger charge is 2.10. The third-order valence-corrected chi connectivity index (χ3v) is 3.65. The topological polar surface area (TPSA) is 32.3 Å². The lowest BCUT2D eigenvalue weighted by molar-refractivity contribution is 0.402. The molecule has 0 bridgehead atoms. The summed E-state index contributed by atoms with van der Waals surface area (Å²) in [6.07, 6.45) is 2.88. The second-order valence-corrected chi connectivity index (χ2v) is 6.03. The first-order chi connectivity index (χ1) is 10.5. The van der Waals surface area contributed by atoms with Crippen LogP contribution in [0.2, 0.25) is 0 Å². The van der Waals surface area contributed by atoms with Crippen molar-refractivity contribution < 1.29 is 0 Å². The van der Waals surface area contributed by atoms with Crippen molar-refractivity contribution in [1.29, 1.82) is 0 Å². The summed E-state index contributed by atoms with van der Waals surface area (Å²) >= 11 is 0. The molecule has 0 amide bonds. The lowest BCUT2D eigenvalue weighted by Gasteiger charge is -2.21. The Bertz CT molecular complexity index is 605. The number of aromatic nitrogens is 2. The summed E-state index contributed by atoms with van der Waals surface area (Å²) in [6.45, 7) is 5.90. The van der Waals surface area contributed by atoms with Gasteiger partial charge in [-0.25, -0.2) is 9.97 Å². The molecule has 1 aromatic heterocycles. The largest absolute Gasteiger partial charge is 0.355 e. The standard InChI is InChI=1S/C18H26N4/c1-6-17-11-19-14(2)20-18(17)22(5)13-16-9-7-15(8-10-16)12-21(3)4/h7-11H,6,12-13H2,1-5H3. The molecule has 0 spiro atoms. The van der Waals surface area contributed by atoms with E-state index in [1.807, 2.05) is 13.1 Å². The molecule has 4 heteroatoms. The van der Waals surface area contributed by atoms with Crippen LogP contribution in [0, 0.1) is 6.92 Å². The summed E-state index contributed by atoms with van der Waals surface area (Å²) in [5.74, 6) is 1.85. The Morgan fingerprint density at radius 1 is 0.955 bits per heavy atom. The van der Waals surface area contributed by atoms with Crippen LogP contribution in [0.4, 0.5) is 5.82 Å². The minimum atomic E-state index is 0.820. The van der Waals surface area contributed by atoms with E-state index < -0.39 is 0 Å². The fourth-order valence-corrected chi connectivity index (χ4v) is 2.53. The Labute approximate surface area is 133 Å². The van der Waals surface area contributed by atoms with E-state index in [1.165, 1.54) is 16.7 Å². The third-order valence-electron chi connectivity index (χ3n) is 3.65. The molecule has 0 unspecified atom stereocenters. The molecule has 4 nitrogen and oxygen atoms in total. The first-order valence-electron chi connectivity index (χ1n) is 7.75. The van der Waals surface area contributed by atoms with Crippen LogP contribution in [0.25, 0.3) is 0 Å². The van der Waals surface area contributed by atoms with Crippen LogP contribution in [-0.2, 0) is 19.5 Å². The average molecular weight is 298 g/mol. The molecule has 0 aliphatic heterocycles. The second kappa shape index (κ2) is 7.36. The fraction of sp³-hybridized carbons (Fsp3) is 0.444. The van der Waals surface area contributed by atoms with Crippen LogP contribution in [0.15, 0.2) is 30.5 Å². The number of nitrogens with zero attached hydrogens (tertiary/aromatic N) is 4. The molecule has 0 atom stereocenters. The first-order valence-corrected chi connectivity index (χ1v) is 7.75. The van der Waals surface area contributed by atoms with Crippen LogP contribution in [0.1, 0.15) is 29.4 Å². The molecule has 2 rings (SSSR count). The lowest BCUT2D eigenvalue weighted by Crippen LogP contribution is -2.20. The summed E-state index contributed by atoms with van der Waals surface area (Å²) in [4.78, 5) is 13.3. The monoisotopic (exact) mass is 298 g/mol. The Hall–Kier alpha value is -1.94. The van der Waals surface area contributed by atoms with E-state index >= 15 is 0 Å². The predicted octanol–water partition coefficient (Wildman–Crippen LogP) is 3.05. The van der Waals surface area contributed by atoms with Gasteiger partial charge in [-0.05, 0) is 38.6 Å². The quantitative estimate of drug-likeness (QED) is 0.820. The molecule has 0 N–H and O–H groups in total. The number of hydrogen-bond donors (Lipinski definition) is 0. The highest BCUT2D eigenvalue weighted by molar-refractivity contribution is 5.46. The van der Waals surface area contributed by atoms with Gasteiger partial charge in [0.15, 0.2) is 0 Å². The second-order valence-electron chi connectivity index (χ2n) is 6.03. The molecule has 0 aliphatic carbocycles. The maximum atomic E-state index is 4.61. The number of benzene rings is 1. The maximum absolute atomic E-state index is 4.61. The number of rotatable bonds is 6. The SMILES string of the molecule is CCc1cnc(C)nc1N(C)Cc1ccc(CN(C)C)cc1. The molecule has 0 saturated heterocycles. The highest BCUT2D eigenvalue weighted by atomic mass is 15.2. The minimum Gasteiger partial charge on any atom is -0.355 e. The van der Waals surface area contributed by atoms with E-state index in [0.717, 1.165) is 31.2 Å². The molecule has 0 saturated carbocycles. The Morgan fingerprint density at radius 2 is 1.55 bits per heavy atom. The van der Waals surface area contributed by atoms with Crippen LogP contribution in [-0.4, -0.2) is 36.0 Å². The molecule has 118 valence electrons. The van der Waals surface area contributed by atoms with Crippen molar-refractivity contribution in [3.05, 3.63) is 53.0 Å². The van der Waals surface area contributed by atoms with Crippen molar-refractivity contribution >= 4 is 5.82 Å². The summed E-state index contributed by atoms with van der Waals surface area (Å²) in [6, 6.07) is 8.81. The lowest BCUT2D eigenvalue weighted by atomic mass is 10.1. The van der Waals surface area contributed by atoms with Gasteiger partial charge in [-0.2, -0.15) is 0 Å². The average Bonchev–Trinajstić information content (AvgIpc) is 2.48. The molecule has 0 radical (unpaired) electrons. The minimum absolute atomic E-state index is 0.820. The summed E-state index contributed by atoms with van der Waals surface area (Å²) < 4.78 is 0. The van der Waals surface area contributed by atoms with Gasteiger partial charge < -0.3 is 9.80 Å². The van der Waals surface area contributed by atoms with Crippen LogP contribution in [0.3, 0.4) is 0 Å². The smallest absolute Gasteiger partial charge is 0.135 e. The zero-order valence-electron chi connectivity index (χ0n) is 14.3. The molecular weight excluding hydrogens is 272 g/mol. The van der Waals surface area contributed by atoms with Gasteiger partial charge in [0.1, 0.15) is 11.6 Å². The molecule has 2 aromatic rings. The molecule has 0 aliphatic rings.